The second-order valence-electron chi connectivity index (χ2n) is 5.67. The van der Waals surface area contributed by atoms with Crippen molar-refractivity contribution in [1.82, 2.24) is 14.6 Å². The zero-order chi connectivity index (χ0) is 19.0. The van der Waals surface area contributed by atoms with Crippen LogP contribution < -0.4 is 9.47 Å². The minimum absolute atomic E-state index is 0.0821. The molecular formula is C19H15N3O5. The molecule has 0 spiro atoms. The highest BCUT2D eigenvalue weighted by Crippen LogP contribution is 2.35. The van der Waals surface area contributed by atoms with Gasteiger partial charge in [-0.1, -0.05) is 0 Å². The van der Waals surface area contributed by atoms with Gasteiger partial charge in [0.1, 0.15) is 23.6 Å². The molecule has 0 atom stereocenters. The molecule has 0 fully saturated rings. The van der Waals surface area contributed by atoms with Crippen LogP contribution in [0.1, 0.15) is 10.5 Å². The van der Waals surface area contributed by atoms with Crippen molar-refractivity contribution >= 4 is 22.4 Å². The topological polar surface area (TPSA) is 95.2 Å². The third-order valence-corrected chi connectivity index (χ3v) is 4.14. The molecule has 27 heavy (non-hydrogen) atoms. The van der Waals surface area contributed by atoms with E-state index in [9.17, 15) is 9.90 Å². The molecule has 136 valence electrons. The van der Waals surface area contributed by atoms with Crippen LogP contribution in [0.25, 0.3) is 16.4 Å². The number of fused-ring (bicyclic) bond motifs is 3. The Morgan fingerprint density at radius 2 is 1.70 bits per heavy atom. The van der Waals surface area contributed by atoms with E-state index in [2.05, 4.69) is 10.1 Å². The van der Waals surface area contributed by atoms with Crippen molar-refractivity contribution in [3.8, 4) is 23.0 Å². The Balaban J connectivity index is 1.83. The van der Waals surface area contributed by atoms with Crippen LogP contribution in [0, 0.1) is 0 Å². The van der Waals surface area contributed by atoms with Gasteiger partial charge in [-0.05, 0) is 42.5 Å². The Hall–Kier alpha value is -3.81. The maximum Gasteiger partial charge on any atom is 0.360 e. The van der Waals surface area contributed by atoms with Gasteiger partial charge in [0, 0.05) is 10.8 Å². The van der Waals surface area contributed by atoms with Gasteiger partial charge in [-0.3, -0.25) is 0 Å². The Bertz CT molecular complexity index is 1150. The lowest BCUT2D eigenvalue weighted by molar-refractivity contribution is 0.0587. The Kier molecular flexibility index (Phi) is 4.00. The molecule has 4 aromatic rings. The normalized spacial score (nSPS) is 10.9. The minimum Gasteiger partial charge on any atom is -0.505 e. The molecule has 2 aromatic carbocycles. The zero-order valence-electron chi connectivity index (χ0n) is 14.5. The van der Waals surface area contributed by atoms with Crippen molar-refractivity contribution in [2.24, 2.45) is 0 Å². The van der Waals surface area contributed by atoms with Crippen molar-refractivity contribution in [3.63, 3.8) is 0 Å². The fourth-order valence-electron chi connectivity index (χ4n) is 2.85. The smallest absolute Gasteiger partial charge is 0.360 e. The molecule has 0 aliphatic heterocycles. The molecule has 8 heteroatoms. The molecule has 0 saturated carbocycles. The van der Waals surface area contributed by atoms with E-state index in [1.807, 2.05) is 0 Å². The van der Waals surface area contributed by atoms with Gasteiger partial charge in [-0.25, -0.2) is 14.3 Å². The van der Waals surface area contributed by atoms with E-state index in [0.717, 1.165) is 5.75 Å². The summed E-state index contributed by atoms with van der Waals surface area (Å²) in [5, 5.41) is 15.6. The maximum absolute atomic E-state index is 12.0. The van der Waals surface area contributed by atoms with Crippen molar-refractivity contribution in [1.29, 1.82) is 0 Å². The summed E-state index contributed by atoms with van der Waals surface area (Å²) in [6.45, 7) is 0. The summed E-state index contributed by atoms with van der Waals surface area (Å²) in [4.78, 5) is 16.2. The SMILES string of the molecule is COC(=O)c1c(O)c2ccc(Oc3ccc(OC)cc3)cc2c2ncnn12. The highest BCUT2D eigenvalue weighted by Gasteiger charge is 2.22. The zero-order valence-corrected chi connectivity index (χ0v) is 14.5. The van der Waals surface area contributed by atoms with E-state index >= 15 is 0 Å². The Morgan fingerprint density at radius 1 is 1.00 bits per heavy atom. The summed E-state index contributed by atoms with van der Waals surface area (Å²) in [6, 6.07) is 12.2. The highest BCUT2D eigenvalue weighted by molar-refractivity contribution is 6.05. The lowest BCUT2D eigenvalue weighted by Gasteiger charge is -2.11. The first-order chi connectivity index (χ1) is 13.1. The molecule has 2 heterocycles. The van der Waals surface area contributed by atoms with Crippen LogP contribution in [-0.2, 0) is 4.74 Å². The quantitative estimate of drug-likeness (QED) is 0.555. The molecule has 0 aliphatic carbocycles. The number of benzene rings is 2. The van der Waals surface area contributed by atoms with Gasteiger partial charge in [0.25, 0.3) is 0 Å². The maximum atomic E-state index is 12.0. The van der Waals surface area contributed by atoms with Gasteiger partial charge in [0.05, 0.1) is 14.2 Å². The number of aromatic hydroxyl groups is 1. The summed E-state index contributed by atoms with van der Waals surface area (Å²) in [5.41, 5.74) is 0.324. The first-order valence-electron chi connectivity index (χ1n) is 8.01. The van der Waals surface area contributed by atoms with Crippen molar-refractivity contribution in [3.05, 3.63) is 54.5 Å². The number of hydrogen-bond donors (Lipinski definition) is 1. The van der Waals surface area contributed by atoms with E-state index in [1.54, 1.807) is 49.6 Å². The third kappa shape index (κ3) is 2.77. The van der Waals surface area contributed by atoms with E-state index < -0.39 is 5.97 Å². The Morgan fingerprint density at radius 3 is 2.41 bits per heavy atom. The highest BCUT2D eigenvalue weighted by atomic mass is 16.5. The monoisotopic (exact) mass is 365 g/mol. The number of carbonyl (C=O) groups excluding carboxylic acids is 1. The molecule has 0 unspecified atom stereocenters. The molecule has 8 nitrogen and oxygen atoms in total. The van der Waals surface area contributed by atoms with Gasteiger partial charge < -0.3 is 19.3 Å². The van der Waals surface area contributed by atoms with Gasteiger partial charge in [-0.15, -0.1) is 0 Å². The third-order valence-electron chi connectivity index (χ3n) is 4.14. The molecule has 2 aromatic heterocycles. The lowest BCUT2D eigenvalue weighted by Crippen LogP contribution is -2.10. The van der Waals surface area contributed by atoms with Crippen LogP contribution in [0.4, 0.5) is 0 Å². The molecule has 0 amide bonds. The largest absolute Gasteiger partial charge is 0.505 e. The molecule has 0 saturated heterocycles. The minimum atomic E-state index is -0.705. The number of hydrogen-bond acceptors (Lipinski definition) is 7. The number of ether oxygens (including phenoxy) is 3. The van der Waals surface area contributed by atoms with Crippen molar-refractivity contribution in [2.45, 2.75) is 0 Å². The lowest BCUT2D eigenvalue weighted by atomic mass is 10.1. The molecule has 0 aliphatic rings. The first-order valence-corrected chi connectivity index (χ1v) is 8.01. The average molecular weight is 365 g/mol. The number of aromatic nitrogens is 3. The van der Waals surface area contributed by atoms with E-state index in [-0.39, 0.29) is 11.4 Å². The number of pyridine rings is 1. The second kappa shape index (κ2) is 6.49. The summed E-state index contributed by atoms with van der Waals surface area (Å²) >= 11 is 0. The van der Waals surface area contributed by atoms with Crippen LogP contribution in [0.15, 0.2) is 48.8 Å². The van der Waals surface area contributed by atoms with Gasteiger partial charge in [-0.2, -0.15) is 5.10 Å². The van der Waals surface area contributed by atoms with Crippen LogP contribution in [0.2, 0.25) is 0 Å². The van der Waals surface area contributed by atoms with Crippen LogP contribution in [0.3, 0.4) is 0 Å². The summed E-state index contributed by atoms with van der Waals surface area (Å²) in [7, 11) is 2.83. The summed E-state index contributed by atoms with van der Waals surface area (Å²) in [5.74, 6) is 0.964. The second-order valence-corrected chi connectivity index (χ2v) is 5.67. The van der Waals surface area contributed by atoms with E-state index in [1.165, 1.54) is 18.0 Å². The van der Waals surface area contributed by atoms with Crippen molar-refractivity contribution < 1.29 is 24.1 Å². The van der Waals surface area contributed by atoms with Gasteiger partial charge >= 0.3 is 5.97 Å². The van der Waals surface area contributed by atoms with E-state index in [0.29, 0.717) is 27.9 Å². The molecule has 0 radical (unpaired) electrons. The predicted octanol–water partition coefficient (Wildman–Crippen LogP) is 3.18. The average Bonchev–Trinajstić information content (AvgIpc) is 3.18. The molecule has 0 bridgehead atoms. The number of carbonyl (C=O) groups is 1. The fourth-order valence-corrected chi connectivity index (χ4v) is 2.85. The van der Waals surface area contributed by atoms with Crippen LogP contribution in [-0.4, -0.2) is 39.9 Å². The fraction of sp³-hybridized carbons (Fsp3) is 0.105. The first kappa shape index (κ1) is 16.6. The standard InChI is InChI=1S/C19H15N3O5/c1-25-11-3-5-12(6-4-11)27-13-7-8-14-15(9-13)18-20-10-21-22(18)16(17(14)23)19(24)26-2/h3-10,23H,1-2H3. The molecule has 1 N–H and O–H groups in total. The number of esters is 1. The number of methoxy groups -OCH3 is 2. The Labute approximate surface area is 153 Å². The van der Waals surface area contributed by atoms with E-state index in [4.69, 9.17) is 14.2 Å². The predicted molar refractivity (Wildman–Crippen MR) is 96.6 cm³/mol. The van der Waals surface area contributed by atoms with Crippen LogP contribution in [0.5, 0.6) is 23.0 Å². The summed E-state index contributed by atoms with van der Waals surface area (Å²) in [6.07, 6.45) is 1.30. The van der Waals surface area contributed by atoms with Crippen molar-refractivity contribution in [2.75, 3.05) is 14.2 Å². The molecule has 4 rings (SSSR count). The number of rotatable bonds is 4. The van der Waals surface area contributed by atoms with Gasteiger partial charge in [0.2, 0.25) is 0 Å². The number of nitrogens with zero attached hydrogens (tertiary/aromatic N) is 3. The summed E-state index contributed by atoms with van der Waals surface area (Å²) < 4.78 is 17.0. The molecular weight excluding hydrogens is 350 g/mol. The van der Waals surface area contributed by atoms with Gasteiger partial charge in [0.15, 0.2) is 17.1 Å². The van der Waals surface area contributed by atoms with Crippen LogP contribution >= 0.6 is 0 Å².